The zero-order chi connectivity index (χ0) is 12.3. The first-order valence-corrected chi connectivity index (χ1v) is 3.56. The van der Waals surface area contributed by atoms with Crippen LogP contribution in [0.3, 0.4) is 0 Å². The third kappa shape index (κ3) is 2.29. The molecule has 0 spiro atoms. The SMILES string of the molecule is CC(C)(C(F)(F)N=C=O)C(F)(F)N=C=O. The molecule has 0 aliphatic rings. The van der Waals surface area contributed by atoms with Crippen LogP contribution in [0, 0.1) is 5.41 Å². The first kappa shape index (κ1) is 13.5. The minimum absolute atomic E-state index is 0.411. The van der Waals surface area contributed by atoms with Crippen LogP contribution in [-0.4, -0.2) is 24.3 Å². The Balaban J connectivity index is 5.47. The Kier molecular flexibility index (Phi) is 3.52. The fourth-order valence-electron chi connectivity index (χ4n) is 0.575. The van der Waals surface area contributed by atoms with Crippen LogP contribution in [0.1, 0.15) is 13.8 Å². The highest BCUT2D eigenvalue weighted by molar-refractivity contribution is 5.36. The Bertz CT molecular complexity index is 309. The van der Waals surface area contributed by atoms with E-state index in [1.165, 1.54) is 0 Å². The summed E-state index contributed by atoms with van der Waals surface area (Å²) >= 11 is 0. The van der Waals surface area contributed by atoms with Crippen molar-refractivity contribution in [3.05, 3.63) is 0 Å². The standard InChI is InChI=1S/C7H6F4N2O2/c1-5(2,6(8,9)12-3-14)7(10,11)13-4-15/h1-2H3. The second-order valence-electron chi connectivity index (χ2n) is 3.11. The van der Waals surface area contributed by atoms with E-state index in [4.69, 9.17) is 0 Å². The number of nitrogens with zero attached hydrogens (tertiary/aromatic N) is 2. The Morgan fingerprint density at radius 1 is 0.867 bits per heavy atom. The minimum atomic E-state index is -4.39. The summed E-state index contributed by atoms with van der Waals surface area (Å²) < 4.78 is 51.7. The molecule has 0 aromatic carbocycles. The maximum absolute atomic E-state index is 12.9. The molecule has 0 rings (SSSR count). The number of rotatable bonds is 4. The van der Waals surface area contributed by atoms with Crippen LogP contribution >= 0.6 is 0 Å². The van der Waals surface area contributed by atoms with Crippen molar-refractivity contribution in [3.63, 3.8) is 0 Å². The molecule has 0 aliphatic heterocycles. The maximum Gasteiger partial charge on any atom is 0.364 e. The van der Waals surface area contributed by atoms with Crippen molar-refractivity contribution in [3.8, 4) is 0 Å². The van der Waals surface area contributed by atoms with Gasteiger partial charge in [-0.05, 0) is 13.8 Å². The first-order valence-electron chi connectivity index (χ1n) is 3.56. The summed E-state index contributed by atoms with van der Waals surface area (Å²) in [6, 6.07) is -8.78. The third-order valence-electron chi connectivity index (χ3n) is 1.88. The topological polar surface area (TPSA) is 58.9 Å². The van der Waals surface area contributed by atoms with Gasteiger partial charge in [-0.3, -0.25) is 0 Å². The predicted octanol–water partition coefficient (Wildman–Crippen LogP) is 1.87. The first-order chi connectivity index (χ1) is 6.62. The lowest BCUT2D eigenvalue weighted by atomic mass is 9.87. The molecule has 0 unspecified atom stereocenters. The average Bonchev–Trinajstić information content (AvgIpc) is 2.03. The van der Waals surface area contributed by atoms with Crippen molar-refractivity contribution in [2.75, 3.05) is 0 Å². The molecule has 0 aliphatic carbocycles. The molecule has 15 heavy (non-hydrogen) atoms. The van der Waals surface area contributed by atoms with E-state index >= 15 is 0 Å². The lowest BCUT2D eigenvalue weighted by Gasteiger charge is -2.33. The fraction of sp³-hybridized carbons (Fsp3) is 0.714. The van der Waals surface area contributed by atoms with Gasteiger partial charge in [0.25, 0.3) is 0 Å². The number of isocyanates is 2. The normalized spacial score (nSPS) is 12.7. The van der Waals surface area contributed by atoms with Gasteiger partial charge in [-0.15, -0.1) is 9.98 Å². The van der Waals surface area contributed by atoms with Crippen LogP contribution in [0.4, 0.5) is 17.6 Å². The second-order valence-corrected chi connectivity index (χ2v) is 3.11. The molecular weight excluding hydrogens is 220 g/mol. The molecule has 0 heterocycles. The molecule has 0 fully saturated rings. The molecule has 0 N–H and O–H groups in total. The van der Waals surface area contributed by atoms with Crippen LogP contribution < -0.4 is 0 Å². The monoisotopic (exact) mass is 226 g/mol. The van der Waals surface area contributed by atoms with Gasteiger partial charge >= 0.3 is 12.1 Å². The van der Waals surface area contributed by atoms with E-state index in [2.05, 4.69) is 0 Å². The van der Waals surface area contributed by atoms with Crippen LogP contribution in [0.2, 0.25) is 0 Å². The number of carbonyl (C=O) groups excluding carboxylic acids is 2. The Morgan fingerprint density at radius 3 is 1.33 bits per heavy atom. The smallest absolute Gasteiger partial charge is 0.211 e. The van der Waals surface area contributed by atoms with E-state index in [-0.39, 0.29) is 0 Å². The molecule has 0 saturated heterocycles. The lowest BCUT2D eigenvalue weighted by molar-refractivity contribution is -0.215. The average molecular weight is 226 g/mol. The van der Waals surface area contributed by atoms with Gasteiger partial charge < -0.3 is 0 Å². The molecule has 0 bridgehead atoms. The highest BCUT2D eigenvalue weighted by Crippen LogP contribution is 2.48. The van der Waals surface area contributed by atoms with E-state index in [0.29, 0.717) is 26.0 Å². The zero-order valence-corrected chi connectivity index (χ0v) is 7.72. The fourth-order valence-corrected chi connectivity index (χ4v) is 0.575. The van der Waals surface area contributed by atoms with Gasteiger partial charge in [-0.1, -0.05) is 0 Å². The number of hydrogen-bond acceptors (Lipinski definition) is 4. The van der Waals surface area contributed by atoms with Crippen molar-refractivity contribution >= 4 is 12.2 Å². The summed E-state index contributed by atoms with van der Waals surface area (Å²) in [5.74, 6) is 0. The summed E-state index contributed by atoms with van der Waals surface area (Å²) in [6.45, 7) is 0.823. The summed E-state index contributed by atoms with van der Waals surface area (Å²) in [7, 11) is 0. The van der Waals surface area contributed by atoms with Gasteiger partial charge in [0, 0.05) is 0 Å². The molecule has 0 radical (unpaired) electrons. The van der Waals surface area contributed by atoms with Crippen LogP contribution in [0.5, 0.6) is 0 Å². The predicted molar refractivity (Wildman–Crippen MR) is 39.9 cm³/mol. The van der Waals surface area contributed by atoms with Gasteiger partial charge in [-0.2, -0.15) is 17.6 Å². The zero-order valence-electron chi connectivity index (χ0n) is 7.72. The highest BCUT2D eigenvalue weighted by Gasteiger charge is 2.63. The molecule has 4 nitrogen and oxygen atoms in total. The third-order valence-corrected chi connectivity index (χ3v) is 1.88. The van der Waals surface area contributed by atoms with Gasteiger partial charge in [0.05, 0.1) is 0 Å². The van der Waals surface area contributed by atoms with Gasteiger partial charge in [0.2, 0.25) is 12.2 Å². The minimum Gasteiger partial charge on any atom is -0.211 e. The molecule has 8 heteroatoms. The van der Waals surface area contributed by atoms with E-state index in [9.17, 15) is 27.2 Å². The number of hydrogen-bond donors (Lipinski definition) is 0. The van der Waals surface area contributed by atoms with Crippen molar-refractivity contribution in [2.24, 2.45) is 15.4 Å². The molecular formula is C7H6F4N2O2. The van der Waals surface area contributed by atoms with Crippen molar-refractivity contribution in [2.45, 2.75) is 25.9 Å². The van der Waals surface area contributed by atoms with Crippen molar-refractivity contribution in [1.82, 2.24) is 0 Å². The molecule has 0 amide bonds. The van der Waals surface area contributed by atoms with Crippen LogP contribution in [-0.2, 0) is 9.59 Å². The molecule has 0 aromatic heterocycles. The van der Waals surface area contributed by atoms with Crippen LogP contribution in [0.25, 0.3) is 0 Å². The van der Waals surface area contributed by atoms with Gasteiger partial charge in [-0.25, -0.2) is 9.59 Å². The Morgan fingerprint density at radius 2 is 1.13 bits per heavy atom. The maximum atomic E-state index is 12.9. The summed E-state index contributed by atoms with van der Waals surface area (Å²) in [5, 5.41) is 0. The summed E-state index contributed by atoms with van der Waals surface area (Å²) in [5.41, 5.74) is -3.13. The van der Waals surface area contributed by atoms with Gasteiger partial charge in [0.15, 0.2) is 0 Å². The quantitative estimate of drug-likeness (QED) is 0.318. The van der Waals surface area contributed by atoms with Crippen molar-refractivity contribution in [1.29, 1.82) is 0 Å². The Labute approximate surface area is 81.7 Å². The number of halogens is 4. The van der Waals surface area contributed by atoms with E-state index < -0.39 is 17.5 Å². The molecule has 0 aromatic rings. The Hall–Kier alpha value is -1.52. The van der Waals surface area contributed by atoms with Crippen LogP contribution in [0.15, 0.2) is 9.98 Å². The number of alkyl halides is 4. The molecule has 0 saturated carbocycles. The largest absolute Gasteiger partial charge is 0.364 e. The van der Waals surface area contributed by atoms with Crippen molar-refractivity contribution < 1.29 is 27.2 Å². The second kappa shape index (κ2) is 3.92. The van der Waals surface area contributed by atoms with E-state index in [1.807, 2.05) is 9.98 Å². The summed E-state index contributed by atoms with van der Waals surface area (Å²) in [4.78, 5) is 23.2. The van der Waals surface area contributed by atoms with E-state index in [1.54, 1.807) is 0 Å². The molecule has 0 atom stereocenters. The highest BCUT2D eigenvalue weighted by atomic mass is 19.3. The summed E-state index contributed by atoms with van der Waals surface area (Å²) in [6.07, 6.45) is 0.960. The van der Waals surface area contributed by atoms with E-state index in [0.717, 1.165) is 0 Å². The number of aliphatic imine (C=N–C) groups is 2. The van der Waals surface area contributed by atoms with Gasteiger partial charge in [0.1, 0.15) is 5.41 Å². The molecule has 84 valence electrons. The lowest BCUT2D eigenvalue weighted by Crippen LogP contribution is -2.48.